The van der Waals surface area contributed by atoms with E-state index in [1.807, 2.05) is 0 Å². The Labute approximate surface area is 120 Å². The molecule has 1 aromatic rings. The molecule has 9 heteroatoms. The maximum atomic E-state index is 12.2. The van der Waals surface area contributed by atoms with Crippen molar-refractivity contribution in [1.82, 2.24) is 9.71 Å². The van der Waals surface area contributed by atoms with Crippen LogP contribution in [0.3, 0.4) is 0 Å². The minimum atomic E-state index is -3.69. The van der Waals surface area contributed by atoms with Gasteiger partial charge in [-0.15, -0.1) is 0 Å². The van der Waals surface area contributed by atoms with Crippen molar-refractivity contribution >= 4 is 27.3 Å². The summed E-state index contributed by atoms with van der Waals surface area (Å²) in [5.74, 6) is -0.494. The number of sulfonamides is 1. The van der Waals surface area contributed by atoms with Gasteiger partial charge in [0, 0.05) is 17.7 Å². The molecule has 1 fully saturated rings. The topological polar surface area (TPSA) is 122 Å². The number of H-pyrrole nitrogens is 1. The van der Waals surface area contributed by atoms with E-state index < -0.39 is 10.0 Å². The quantitative estimate of drug-likeness (QED) is 0.726. The molecule has 1 amide bonds. The molecule has 1 aliphatic rings. The van der Waals surface area contributed by atoms with Crippen LogP contribution in [0.1, 0.15) is 31.4 Å². The second kappa shape index (κ2) is 5.66. The highest BCUT2D eigenvalue weighted by Crippen LogP contribution is 2.26. The molecule has 4 N–H and O–H groups in total. The van der Waals surface area contributed by atoms with Crippen LogP contribution in [-0.2, 0) is 14.8 Å². The molecule has 0 spiro atoms. The molecule has 1 aliphatic carbocycles. The molecule has 1 saturated carbocycles. The van der Waals surface area contributed by atoms with Gasteiger partial charge in [-0.1, -0.05) is 11.3 Å². The number of aromatic nitrogens is 1. The van der Waals surface area contributed by atoms with Gasteiger partial charge in [-0.3, -0.25) is 9.59 Å². The Bertz CT molecular complexity index is 653. The minimum Gasteiger partial charge on any atom is -0.369 e. The SMILES string of the molecule is Cc1[nH]c(=O)sc1S(=O)(=O)NC1CCC(C(N)=O)CC1. The number of rotatable bonds is 4. The molecule has 1 aromatic heterocycles. The summed E-state index contributed by atoms with van der Waals surface area (Å²) in [4.78, 5) is 24.3. The summed E-state index contributed by atoms with van der Waals surface area (Å²) in [6.07, 6.45) is 2.33. The molecule has 0 unspecified atom stereocenters. The third-order valence-corrected chi connectivity index (χ3v) is 6.60. The number of aromatic amines is 1. The van der Waals surface area contributed by atoms with E-state index in [4.69, 9.17) is 5.73 Å². The fourth-order valence-electron chi connectivity index (χ4n) is 2.42. The van der Waals surface area contributed by atoms with Crippen LogP contribution in [-0.4, -0.2) is 25.4 Å². The van der Waals surface area contributed by atoms with Crippen LogP contribution >= 0.6 is 11.3 Å². The Kier molecular flexibility index (Phi) is 4.31. The number of primary amides is 1. The number of amides is 1. The van der Waals surface area contributed by atoms with Crippen molar-refractivity contribution in [3.8, 4) is 0 Å². The van der Waals surface area contributed by atoms with E-state index in [9.17, 15) is 18.0 Å². The molecule has 2 rings (SSSR count). The molecular formula is C11H17N3O4S2. The molecule has 20 heavy (non-hydrogen) atoms. The Morgan fingerprint density at radius 2 is 1.95 bits per heavy atom. The van der Waals surface area contributed by atoms with Crippen LogP contribution in [0.15, 0.2) is 9.00 Å². The van der Waals surface area contributed by atoms with Crippen molar-refractivity contribution in [2.75, 3.05) is 0 Å². The van der Waals surface area contributed by atoms with E-state index >= 15 is 0 Å². The second-order valence-electron chi connectivity index (χ2n) is 5.00. The van der Waals surface area contributed by atoms with E-state index in [0.29, 0.717) is 42.7 Å². The van der Waals surface area contributed by atoms with Gasteiger partial charge < -0.3 is 10.7 Å². The van der Waals surface area contributed by atoms with Gasteiger partial charge in [0.05, 0.1) is 0 Å². The van der Waals surface area contributed by atoms with Gasteiger partial charge in [-0.2, -0.15) is 0 Å². The summed E-state index contributed by atoms with van der Waals surface area (Å²) < 4.78 is 27.0. The van der Waals surface area contributed by atoms with Crippen LogP contribution in [0.2, 0.25) is 0 Å². The molecule has 0 atom stereocenters. The number of nitrogens with two attached hydrogens (primary N) is 1. The van der Waals surface area contributed by atoms with Crippen LogP contribution in [0.4, 0.5) is 0 Å². The monoisotopic (exact) mass is 319 g/mol. The van der Waals surface area contributed by atoms with Crippen LogP contribution < -0.4 is 15.3 Å². The standard InChI is InChI=1S/C11H17N3O4S2/c1-6-10(19-11(16)13-6)20(17,18)14-8-4-2-7(3-5-8)9(12)15/h7-8,14H,2-5H2,1H3,(H2,12,15)(H,13,16). The Morgan fingerprint density at radius 3 is 2.40 bits per heavy atom. The van der Waals surface area contributed by atoms with Gasteiger partial charge in [-0.25, -0.2) is 13.1 Å². The van der Waals surface area contributed by atoms with Gasteiger partial charge in [0.2, 0.25) is 5.91 Å². The number of carbonyl (C=O) groups is 1. The van der Waals surface area contributed by atoms with Crippen molar-refractivity contribution in [3.63, 3.8) is 0 Å². The normalized spacial score (nSPS) is 23.6. The molecule has 7 nitrogen and oxygen atoms in total. The zero-order valence-electron chi connectivity index (χ0n) is 11.0. The lowest BCUT2D eigenvalue weighted by Gasteiger charge is -2.26. The summed E-state index contributed by atoms with van der Waals surface area (Å²) in [5.41, 5.74) is 5.58. The number of hydrogen-bond acceptors (Lipinski definition) is 5. The number of carbonyl (C=O) groups excluding carboxylic acids is 1. The van der Waals surface area contributed by atoms with E-state index in [0.717, 1.165) is 0 Å². The van der Waals surface area contributed by atoms with Crippen molar-refractivity contribution in [2.24, 2.45) is 11.7 Å². The molecule has 112 valence electrons. The molecule has 0 aromatic carbocycles. The summed E-state index contributed by atoms with van der Waals surface area (Å²) in [6, 6.07) is -0.216. The van der Waals surface area contributed by atoms with Crippen molar-refractivity contribution < 1.29 is 13.2 Å². The predicted octanol–water partition coefficient (Wildman–Crippen LogP) is 0.0672. The predicted molar refractivity (Wildman–Crippen MR) is 74.9 cm³/mol. The number of hydrogen-bond donors (Lipinski definition) is 3. The maximum Gasteiger partial charge on any atom is 0.305 e. The van der Waals surface area contributed by atoms with Gasteiger partial charge >= 0.3 is 4.87 Å². The summed E-state index contributed by atoms with van der Waals surface area (Å²) in [5, 5.41) is 0. The van der Waals surface area contributed by atoms with Gasteiger partial charge in [0.1, 0.15) is 0 Å². The smallest absolute Gasteiger partial charge is 0.305 e. The zero-order valence-corrected chi connectivity index (χ0v) is 12.6. The average Bonchev–Trinajstić information content (AvgIpc) is 2.69. The molecular weight excluding hydrogens is 302 g/mol. The highest BCUT2D eigenvalue weighted by atomic mass is 32.2. The molecule has 0 radical (unpaired) electrons. The van der Waals surface area contributed by atoms with Crippen molar-refractivity contribution in [2.45, 2.75) is 42.9 Å². The lowest BCUT2D eigenvalue weighted by atomic mass is 9.86. The summed E-state index contributed by atoms with van der Waals surface area (Å²) >= 11 is 0.680. The molecule has 0 aliphatic heterocycles. The molecule has 0 bridgehead atoms. The first-order valence-electron chi connectivity index (χ1n) is 6.31. The largest absolute Gasteiger partial charge is 0.369 e. The molecule has 0 saturated heterocycles. The first-order valence-corrected chi connectivity index (χ1v) is 8.61. The Morgan fingerprint density at radius 1 is 1.35 bits per heavy atom. The van der Waals surface area contributed by atoms with Crippen LogP contribution in [0.5, 0.6) is 0 Å². The number of nitrogens with one attached hydrogen (secondary N) is 2. The number of aryl methyl sites for hydroxylation is 1. The average molecular weight is 319 g/mol. The van der Waals surface area contributed by atoms with E-state index in [1.54, 1.807) is 6.92 Å². The maximum absolute atomic E-state index is 12.2. The summed E-state index contributed by atoms with van der Waals surface area (Å²) in [6.45, 7) is 1.55. The Balaban J connectivity index is 2.05. The third-order valence-electron chi connectivity index (χ3n) is 3.48. The molecule has 1 heterocycles. The van der Waals surface area contributed by atoms with Gasteiger partial charge in [0.25, 0.3) is 10.0 Å². The highest BCUT2D eigenvalue weighted by Gasteiger charge is 2.29. The zero-order chi connectivity index (χ0) is 14.9. The highest BCUT2D eigenvalue weighted by molar-refractivity contribution is 7.91. The first kappa shape index (κ1) is 15.2. The minimum absolute atomic E-state index is 0.0273. The fraction of sp³-hybridized carbons (Fsp3) is 0.636. The van der Waals surface area contributed by atoms with Gasteiger partial charge in [-0.05, 0) is 32.6 Å². The second-order valence-corrected chi connectivity index (χ2v) is 7.89. The van der Waals surface area contributed by atoms with Gasteiger partial charge in [0.15, 0.2) is 4.21 Å². The van der Waals surface area contributed by atoms with E-state index in [2.05, 4.69) is 9.71 Å². The van der Waals surface area contributed by atoms with E-state index in [-0.39, 0.29) is 26.9 Å². The van der Waals surface area contributed by atoms with E-state index in [1.165, 1.54) is 0 Å². The third kappa shape index (κ3) is 3.28. The summed E-state index contributed by atoms with van der Waals surface area (Å²) in [7, 11) is -3.69. The lowest BCUT2D eigenvalue weighted by Crippen LogP contribution is -2.39. The Hall–Kier alpha value is -1.19. The van der Waals surface area contributed by atoms with Crippen molar-refractivity contribution in [1.29, 1.82) is 0 Å². The van der Waals surface area contributed by atoms with Crippen LogP contribution in [0.25, 0.3) is 0 Å². The van der Waals surface area contributed by atoms with Crippen LogP contribution in [0, 0.1) is 12.8 Å². The number of thiazole rings is 1. The first-order chi connectivity index (χ1) is 9.29. The fourth-order valence-corrected chi connectivity index (χ4v) is 5.04. The van der Waals surface area contributed by atoms with Crippen molar-refractivity contribution in [3.05, 3.63) is 15.4 Å². The lowest BCUT2D eigenvalue weighted by molar-refractivity contribution is -0.122.